The lowest BCUT2D eigenvalue weighted by molar-refractivity contribution is -0.145. The maximum absolute atomic E-state index is 11.7. The fourth-order valence-corrected chi connectivity index (χ4v) is 1.47. The largest absolute Gasteiger partial charge is 0.507 e. The lowest BCUT2D eigenvalue weighted by atomic mass is 10.1. The highest BCUT2D eigenvalue weighted by atomic mass is 35.5. The maximum atomic E-state index is 11.7. The number of aliphatic carboxylic acids is 2. The Kier molecular flexibility index (Phi) is 4.71. The summed E-state index contributed by atoms with van der Waals surface area (Å²) in [6.07, 6.45) is -0.775. The van der Waals surface area contributed by atoms with Crippen LogP contribution in [0.4, 0.5) is 0 Å². The van der Waals surface area contributed by atoms with Gasteiger partial charge in [-0.15, -0.1) is 0 Å². The lowest BCUT2D eigenvalue weighted by Gasteiger charge is -2.13. The summed E-state index contributed by atoms with van der Waals surface area (Å²) in [6, 6.07) is 2.07. The number of carboxylic acids is 2. The van der Waals surface area contributed by atoms with E-state index in [0.717, 1.165) is 6.07 Å². The second-order valence-corrected chi connectivity index (χ2v) is 4.06. The number of carbonyl (C=O) groups excluding carboxylic acids is 1. The van der Waals surface area contributed by atoms with Crippen LogP contribution in [0.1, 0.15) is 16.8 Å². The van der Waals surface area contributed by atoms with Crippen LogP contribution < -0.4 is 5.32 Å². The minimum Gasteiger partial charge on any atom is -0.507 e. The molecule has 0 heterocycles. The molecule has 19 heavy (non-hydrogen) atoms. The molecule has 0 saturated heterocycles. The van der Waals surface area contributed by atoms with E-state index in [0.29, 0.717) is 0 Å². The quantitative estimate of drug-likeness (QED) is 0.632. The molecule has 0 aliphatic carbocycles. The Bertz CT molecular complexity index is 530. The van der Waals surface area contributed by atoms with Gasteiger partial charge in [-0.25, -0.2) is 4.79 Å². The predicted molar refractivity (Wildman–Crippen MR) is 64.3 cm³/mol. The van der Waals surface area contributed by atoms with E-state index in [2.05, 4.69) is 0 Å². The third-order valence-corrected chi connectivity index (χ3v) is 2.42. The predicted octanol–water partition coefficient (Wildman–Crippen LogP) is 0.703. The molecular weight excluding hydrogens is 278 g/mol. The summed E-state index contributed by atoms with van der Waals surface area (Å²) in [4.78, 5) is 33.0. The highest BCUT2D eigenvalue weighted by molar-refractivity contribution is 6.31. The number of amides is 1. The molecule has 102 valence electrons. The molecule has 0 aliphatic rings. The Labute approximate surface area is 112 Å². The Hall–Kier alpha value is -2.28. The molecule has 1 atom stereocenters. The van der Waals surface area contributed by atoms with Gasteiger partial charge in [-0.2, -0.15) is 0 Å². The van der Waals surface area contributed by atoms with Crippen molar-refractivity contribution >= 4 is 29.4 Å². The molecule has 0 unspecified atom stereocenters. The normalized spacial score (nSPS) is 11.6. The van der Waals surface area contributed by atoms with Gasteiger partial charge in [0.2, 0.25) is 0 Å². The van der Waals surface area contributed by atoms with Crippen molar-refractivity contribution in [2.45, 2.75) is 12.5 Å². The zero-order valence-corrected chi connectivity index (χ0v) is 10.2. The second-order valence-electron chi connectivity index (χ2n) is 3.62. The molecule has 8 heteroatoms. The monoisotopic (exact) mass is 287 g/mol. The average Bonchev–Trinajstić information content (AvgIpc) is 2.30. The van der Waals surface area contributed by atoms with Crippen molar-refractivity contribution in [2.75, 3.05) is 0 Å². The Morgan fingerprint density at radius 3 is 2.42 bits per heavy atom. The Balaban J connectivity index is 2.90. The molecule has 1 aromatic rings. The second kappa shape index (κ2) is 6.05. The number of halogens is 1. The standard InChI is InChI=1S/C11H10ClNO6/c12-5-1-2-8(14)6(3-5)10(17)13-7(11(18)19)4-9(15)16/h1-3,7,14H,4H2,(H,13,17)(H,15,16)(H,18,19)/t7-/m1/s1. The summed E-state index contributed by atoms with van der Waals surface area (Å²) < 4.78 is 0. The molecule has 0 radical (unpaired) electrons. The zero-order chi connectivity index (χ0) is 14.6. The molecule has 0 bridgehead atoms. The molecule has 0 aliphatic heterocycles. The summed E-state index contributed by atoms with van der Waals surface area (Å²) in [5, 5.41) is 28.9. The fraction of sp³-hybridized carbons (Fsp3) is 0.182. The van der Waals surface area contributed by atoms with Crippen LogP contribution in [-0.2, 0) is 9.59 Å². The van der Waals surface area contributed by atoms with E-state index in [1.54, 1.807) is 0 Å². The van der Waals surface area contributed by atoms with Crippen molar-refractivity contribution in [2.24, 2.45) is 0 Å². The molecule has 1 rings (SSSR count). The SMILES string of the molecule is O=C(O)C[C@@H](NC(=O)c1cc(Cl)ccc1O)C(=O)O. The van der Waals surface area contributed by atoms with E-state index < -0.39 is 30.3 Å². The number of rotatable bonds is 5. The van der Waals surface area contributed by atoms with Crippen LogP contribution in [-0.4, -0.2) is 39.2 Å². The van der Waals surface area contributed by atoms with E-state index in [9.17, 15) is 19.5 Å². The van der Waals surface area contributed by atoms with Gasteiger partial charge in [0, 0.05) is 5.02 Å². The summed E-state index contributed by atoms with van der Waals surface area (Å²) in [7, 11) is 0. The highest BCUT2D eigenvalue weighted by Gasteiger charge is 2.24. The van der Waals surface area contributed by atoms with Crippen LogP contribution in [0, 0.1) is 0 Å². The molecule has 0 aromatic heterocycles. The van der Waals surface area contributed by atoms with E-state index in [1.165, 1.54) is 12.1 Å². The zero-order valence-electron chi connectivity index (χ0n) is 9.46. The number of phenolic OH excluding ortho intramolecular Hbond substituents is 1. The third kappa shape index (κ3) is 4.14. The van der Waals surface area contributed by atoms with Gasteiger partial charge in [0.05, 0.1) is 12.0 Å². The van der Waals surface area contributed by atoms with Gasteiger partial charge in [0.15, 0.2) is 0 Å². The first-order valence-electron chi connectivity index (χ1n) is 5.05. The van der Waals surface area contributed by atoms with Gasteiger partial charge in [-0.1, -0.05) is 11.6 Å². The van der Waals surface area contributed by atoms with Crippen LogP contribution in [0.15, 0.2) is 18.2 Å². The van der Waals surface area contributed by atoms with Gasteiger partial charge in [0.1, 0.15) is 11.8 Å². The number of carbonyl (C=O) groups is 3. The summed E-state index contributed by atoms with van der Waals surface area (Å²) in [6.45, 7) is 0. The molecule has 1 aromatic carbocycles. The van der Waals surface area contributed by atoms with Crippen molar-refractivity contribution in [1.29, 1.82) is 0 Å². The average molecular weight is 288 g/mol. The van der Waals surface area contributed by atoms with Crippen molar-refractivity contribution in [3.8, 4) is 5.75 Å². The topological polar surface area (TPSA) is 124 Å². The maximum Gasteiger partial charge on any atom is 0.326 e. The third-order valence-electron chi connectivity index (χ3n) is 2.19. The fourth-order valence-electron chi connectivity index (χ4n) is 1.30. The summed E-state index contributed by atoms with van der Waals surface area (Å²) in [5.41, 5.74) is -0.232. The van der Waals surface area contributed by atoms with Crippen molar-refractivity contribution < 1.29 is 29.7 Å². The number of aromatic hydroxyl groups is 1. The first-order chi connectivity index (χ1) is 8.81. The van der Waals surface area contributed by atoms with Crippen molar-refractivity contribution in [3.63, 3.8) is 0 Å². The Morgan fingerprint density at radius 2 is 1.89 bits per heavy atom. The molecule has 4 N–H and O–H groups in total. The summed E-state index contributed by atoms with van der Waals surface area (Å²) in [5.74, 6) is -4.17. The van der Waals surface area contributed by atoms with Gasteiger partial charge < -0.3 is 20.6 Å². The van der Waals surface area contributed by atoms with Crippen LogP contribution in [0.25, 0.3) is 0 Å². The number of hydrogen-bond donors (Lipinski definition) is 4. The number of hydrogen-bond acceptors (Lipinski definition) is 4. The molecule has 0 saturated carbocycles. The molecule has 0 spiro atoms. The number of nitrogens with one attached hydrogen (secondary N) is 1. The van der Waals surface area contributed by atoms with Crippen molar-refractivity contribution in [1.82, 2.24) is 5.32 Å². The lowest BCUT2D eigenvalue weighted by Crippen LogP contribution is -2.42. The Morgan fingerprint density at radius 1 is 1.26 bits per heavy atom. The molecule has 1 amide bonds. The van der Waals surface area contributed by atoms with Gasteiger partial charge in [-0.3, -0.25) is 9.59 Å². The van der Waals surface area contributed by atoms with Crippen LogP contribution in [0.3, 0.4) is 0 Å². The molecule has 7 nitrogen and oxygen atoms in total. The van der Waals surface area contributed by atoms with E-state index in [1.807, 2.05) is 5.32 Å². The molecule has 0 fully saturated rings. The first-order valence-corrected chi connectivity index (χ1v) is 5.43. The smallest absolute Gasteiger partial charge is 0.326 e. The number of carboxylic acid groups (broad SMARTS) is 2. The highest BCUT2D eigenvalue weighted by Crippen LogP contribution is 2.21. The summed E-state index contributed by atoms with van der Waals surface area (Å²) >= 11 is 5.64. The van der Waals surface area contributed by atoms with Crippen LogP contribution >= 0.6 is 11.6 Å². The van der Waals surface area contributed by atoms with Gasteiger partial charge in [-0.05, 0) is 18.2 Å². The minimum absolute atomic E-state index is 0.174. The van der Waals surface area contributed by atoms with Crippen LogP contribution in [0.5, 0.6) is 5.75 Å². The van der Waals surface area contributed by atoms with Gasteiger partial charge in [0.25, 0.3) is 5.91 Å². The number of benzene rings is 1. The minimum atomic E-state index is -1.59. The van der Waals surface area contributed by atoms with E-state index in [4.69, 9.17) is 21.8 Å². The van der Waals surface area contributed by atoms with Crippen molar-refractivity contribution in [3.05, 3.63) is 28.8 Å². The van der Waals surface area contributed by atoms with E-state index in [-0.39, 0.29) is 16.3 Å². The van der Waals surface area contributed by atoms with Crippen LogP contribution in [0.2, 0.25) is 5.02 Å². The first kappa shape index (κ1) is 14.8. The molecular formula is C11H10ClNO6. The number of phenols is 1. The van der Waals surface area contributed by atoms with E-state index >= 15 is 0 Å². The van der Waals surface area contributed by atoms with Gasteiger partial charge >= 0.3 is 11.9 Å².